The van der Waals surface area contributed by atoms with Crippen LogP contribution in [0.2, 0.25) is 0 Å². The number of carbonyl (C=O) groups excluding carboxylic acids is 2. The summed E-state index contributed by atoms with van der Waals surface area (Å²) in [6, 6.07) is 13.4. The first-order valence-corrected chi connectivity index (χ1v) is 13.0. The number of allylic oxidation sites excluding steroid dienone is 1. The number of hydrogen-bond donors (Lipinski definition) is 1. The number of halogens is 2. The molecule has 2 saturated heterocycles. The number of rotatable bonds is 8. The van der Waals surface area contributed by atoms with Crippen molar-refractivity contribution in [3.8, 4) is 11.5 Å². The third-order valence-corrected chi connectivity index (χ3v) is 7.36. The summed E-state index contributed by atoms with van der Waals surface area (Å²) >= 11 is 0. The first-order valence-electron chi connectivity index (χ1n) is 13.0. The van der Waals surface area contributed by atoms with Crippen LogP contribution in [0.15, 0.2) is 60.8 Å². The Morgan fingerprint density at radius 1 is 1.15 bits per heavy atom. The van der Waals surface area contributed by atoms with Crippen molar-refractivity contribution in [2.45, 2.75) is 38.5 Å². The molecule has 1 aromatic heterocycles. The van der Waals surface area contributed by atoms with Crippen LogP contribution in [0.5, 0.6) is 11.5 Å². The van der Waals surface area contributed by atoms with Crippen molar-refractivity contribution in [3.05, 3.63) is 72.1 Å². The number of H-pyrrole nitrogens is 1. The highest BCUT2D eigenvalue weighted by atomic mass is 19.3. The van der Waals surface area contributed by atoms with Crippen LogP contribution in [0.25, 0.3) is 10.9 Å². The largest absolute Gasteiger partial charge is 0.497 e. The maximum atomic E-state index is 13.6. The van der Waals surface area contributed by atoms with E-state index in [1.807, 2.05) is 18.2 Å². The van der Waals surface area contributed by atoms with Crippen LogP contribution >= 0.6 is 0 Å². The number of carbonyl (C=O) groups is 2. The second-order valence-electron chi connectivity index (χ2n) is 9.99. The van der Waals surface area contributed by atoms with Gasteiger partial charge in [0.15, 0.2) is 0 Å². The second-order valence-corrected chi connectivity index (χ2v) is 9.99. The van der Waals surface area contributed by atoms with Gasteiger partial charge in [0.1, 0.15) is 23.7 Å². The van der Waals surface area contributed by atoms with Crippen LogP contribution in [0, 0.1) is 0 Å². The number of hydrogen-bond acceptors (Lipinski definition) is 5. The van der Waals surface area contributed by atoms with Crippen LogP contribution < -0.4 is 9.47 Å². The van der Waals surface area contributed by atoms with Gasteiger partial charge in [0, 0.05) is 42.8 Å². The van der Waals surface area contributed by atoms with Crippen molar-refractivity contribution in [3.63, 3.8) is 0 Å². The fourth-order valence-electron chi connectivity index (χ4n) is 5.37. The first kappa shape index (κ1) is 26.5. The fourth-order valence-corrected chi connectivity index (χ4v) is 5.37. The highest BCUT2D eigenvalue weighted by Crippen LogP contribution is 2.26. The number of fused-ring (bicyclic) bond motifs is 1. The molecule has 2 aliphatic rings. The molecule has 39 heavy (non-hydrogen) atoms. The summed E-state index contributed by atoms with van der Waals surface area (Å²) in [5, 5.41) is 0.842. The molecule has 0 unspecified atom stereocenters. The van der Waals surface area contributed by atoms with E-state index >= 15 is 0 Å². The Kier molecular flexibility index (Phi) is 7.72. The summed E-state index contributed by atoms with van der Waals surface area (Å²) in [5.74, 6) is 0.266. The van der Waals surface area contributed by atoms with Crippen molar-refractivity contribution < 1.29 is 27.8 Å². The van der Waals surface area contributed by atoms with Crippen molar-refractivity contribution >= 4 is 22.7 Å². The van der Waals surface area contributed by atoms with Gasteiger partial charge in [0.05, 0.1) is 13.2 Å². The number of nitrogens with one attached hydrogen (secondary N) is 1. The maximum absolute atomic E-state index is 13.6. The number of aromatic amines is 1. The molecule has 2 aromatic carbocycles. The molecule has 0 bridgehead atoms. The lowest BCUT2D eigenvalue weighted by molar-refractivity contribution is -0.140. The van der Waals surface area contributed by atoms with Crippen molar-refractivity contribution in [2.24, 2.45) is 0 Å². The highest BCUT2D eigenvalue weighted by Gasteiger charge is 2.37. The number of benzene rings is 2. The van der Waals surface area contributed by atoms with E-state index in [2.05, 4.69) is 21.2 Å². The van der Waals surface area contributed by atoms with Crippen molar-refractivity contribution in [1.82, 2.24) is 19.7 Å². The molecule has 2 amide bonds. The molecule has 1 N–H and O–H groups in total. The topological polar surface area (TPSA) is 78.1 Å². The van der Waals surface area contributed by atoms with Crippen LogP contribution in [0.3, 0.4) is 0 Å². The molecule has 3 heterocycles. The quantitative estimate of drug-likeness (QED) is 0.453. The molecule has 8 nitrogen and oxygen atoms in total. The lowest BCUT2D eigenvalue weighted by atomic mass is 10.0. The number of likely N-dealkylation sites (tertiary alicyclic amines) is 1. The summed E-state index contributed by atoms with van der Waals surface area (Å²) in [4.78, 5) is 35.7. The molecule has 0 radical (unpaired) electrons. The van der Waals surface area contributed by atoms with E-state index in [1.165, 1.54) is 12.1 Å². The summed E-state index contributed by atoms with van der Waals surface area (Å²) < 4.78 is 35.3. The van der Waals surface area contributed by atoms with E-state index in [9.17, 15) is 18.4 Å². The summed E-state index contributed by atoms with van der Waals surface area (Å²) in [7, 11) is 1.59. The van der Waals surface area contributed by atoms with Crippen LogP contribution in [-0.4, -0.2) is 77.4 Å². The van der Waals surface area contributed by atoms with Gasteiger partial charge in [0.25, 0.3) is 5.91 Å². The molecule has 0 aliphatic carbocycles. The predicted octanol–water partition coefficient (Wildman–Crippen LogP) is 4.63. The van der Waals surface area contributed by atoms with E-state index in [0.29, 0.717) is 30.1 Å². The molecule has 5 rings (SSSR count). The fraction of sp³-hybridized carbons (Fsp3) is 0.379. The number of piperazine rings is 1. The Morgan fingerprint density at radius 2 is 2.00 bits per heavy atom. The number of ether oxygens (including phenoxy) is 2. The van der Waals surface area contributed by atoms with Gasteiger partial charge in [-0.2, -0.15) is 8.78 Å². The number of methoxy groups -OCH3 is 1. The molecule has 3 aromatic rings. The van der Waals surface area contributed by atoms with Gasteiger partial charge in [-0.15, -0.1) is 0 Å². The monoisotopic (exact) mass is 538 g/mol. The van der Waals surface area contributed by atoms with Gasteiger partial charge in [-0.05, 0) is 61.2 Å². The third kappa shape index (κ3) is 6.00. The number of piperidine rings is 1. The minimum atomic E-state index is -2.93. The molecule has 2 aliphatic heterocycles. The number of aromatic nitrogens is 1. The minimum Gasteiger partial charge on any atom is -0.497 e. The summed E-state index contributed by atoms with van der Waals surface area (Å²) in [5.41, 5.74) is 2.90. The smallest absolute Gasteiger partial charge is 0.387 e. The van der Waals surface area contributed by atoms with E-state index < -0.39 is 6.61 Å². The van der Waals surface area contributed by atoms with Crippen molar-refractivity contribution in [1.29, 1.82) is 0 Å². The third-order valence-electron chi connectivity index (χ3n) is 7.36. The van der Waals surface area contributed by atoms with Gasteiger partial charge in [-0.3, -0.25) is 9.59 Å². The van der Waals surface area contributed by atoms with E-state index in [-0.39, 0.29) is 36.7 Å². The van der Waals surface area contributed by atoms with Crippen LogP contribution in [0.4, 0.5) is 8.78 Å². The van der Waals surface area contributed by atoms with Gasteiger partial charge in [0.2, 0.25) is 5.91 Å². The van der Waals surface area contributed by atoms with Gasteiger partial charge in [-0.1, -0.05) is 18.7 Å². The normalized spacial score (nSPS) is 18.3. The Bertz CT molecular complexity index is 1370. The lowest BCUT2D eigenvalue weighted by Crippen LogP contribution is -2.60. The Hall–Kier alpha value is -4.08. The Labute approximate surface area is 225 Å². The number of alkyl halides is 2. The van der Waals surface area contributed by atoms with Crippen LogP contribution in [-0.2, 0) is 11.3 Å². The van der Waals surface area contributed by atoms with Crippen LogP contribution in [0.1, 0.15) is 35.3 Å². The summed E-state index contributed by atoms with van der Waals surface area (Å²) in [6.07, 6.45) is 3.01. The lowest BCUT2D eigenvalue weighted by Gasteiger charge is -2.44. The Morgan fingerprint density at radius 3 is 2.77 bits per heavy atom. The molecule has 206 valence electrons. The number of nitrogens with zero attached hydrogens (tertiary/aromatic N) is 3. The minimum absolute atomic E-state index is 0.0418. The van der Waals surface area contributed by atoms with E-state index in [0.717, 1.165) is 42.4 Å². The van der Waals surface area contributed by atoms with Gasteiger partial charge >= 0.3 is 6.61 Å². The zero-order valence-corrected chi connectivity index (χ0v) is 21.9. The molecule has 10 heteroatoms. The van der Waals surface area contributed by atoms with E-state index in [4.69, 9.17) is 4.74 Å². The number of amides is 2. The predicted molar refractivity (Wildman–Crippen MR) is 143 cm³/mol. The highest BCUT2D eigenvalue weighted by molar-refractivity contribution is 6.00. The standard InChI is InChI=1S/C29H32F2N4O4/c1-19-6-3-4-11-33(19)16-22-17-34(28(37)26-14-21-13-23(38-2)9-10-25(21)32-26)18-27(36)35(22)15-20-7-5-8-24(12-20)39-29(30)31/h5,7-10,12-14,22,29,32H,1,3-4,6,11,15-18H2,2H3/t22-/m0/s1. The summed E-state index contributed by atoms with van der Waals surface area (Å²) in [6.45, 7) is 3.12. The molecule has 2 fully saturated rings. The van der Waals surface area contributed by atoms with E-state index in [1.54, 1.807) is 35.1 Å². The zero-order valence-electron chi connectivity index (χ0n) is 21.9. The second kappa shape index (κ2) is 11.3. The molecule has 0 spiro atoms. The first-order chi connectivity index (χ1) is 18.8. The molecular weight excluding hydrogens is 506 g/mol. The van der Waals surface area contributed by atoms with Gasteiger partial charge < -0.3 is 29.2 Å². The maximum Gasteiger partial charge on any atom is 0.387 e. The molecular formula is C29H32F2N4O4. The van der Waals surface area contributed by atoms with Crippen molar-refractivity contribution in [2.75, 3.05) is 33.3 Å². The average molecular weight is 539 g/mol. The Balaban J connectivity index is 1.38. The molecule has 0 saturated carbocycles. The van der Waals surface area contributed by atoms with Gasteiger partial charge in [-0.25, -0.2) is 0 Å². The zero-order chi connectivity index (χ0) is 27.5. The SMILES string of the molecule is C=C1CCCCN1C[C@H]1CN(C(=O)c2cc3cc(OC)ccc3[nH]2)CC(=O)N1Cc1cccc(OC(F)F)c1. The average Bonchev–Trinajstić information content (AvgIpc) is 3.34. The molecule has 1 atom stereocenters.